The molecule has 4 nitrogen and oxygen atoms in total. The molecule has 0 unspecified atom stereocenters. The number of hydrogen-bond donors (Lipinski definition) is 1. The monoisotopic (exact) mass is 410 g/mol. The standard InChI is InChI=1S/C23H40NO3S/c1-3-5-7-8-9-10-11-12-13-14-15-20-27-23-18-16-22(17-19-23)24-28(25,26)21-6-4-2/h16-20,24H,3-15,21H2,1-2H3. The number of unbranched alkanes of at least 4 members (excludes halogenated alkanes) is 11. The maximum Gasteiger partial charge on any atom is 0.232 e. The second-order valence-corrected chi connectivity index (χ2v) is 9.40. The molecule has 5 heteroatoms. The maximum atomic E-state index is 11.9. The van der Waals surface area contributed by atoms with Crippen LogP contribution < -0.4 is 9.46 Å². The molecule has 1 aromatic carbocycles. The molecule has 0 fully saturated rings. The lowest BCUT2D eigenvalue weighted by Gasteiger charge is -2.09. The topological polar surface area (TPSA) is 55.4 Å². The Morgan fingerprint density at radius 2 is 1.32 bits per heavy atom. The van der Waals surface area contributed by atoms with Crippen LogP contribution in [0, 0.1) is 6.61 Å². The van der Waals surface area contributed by atoms with Crippen LogP contribution >= 0.6 is 0 Å². The molecular weight excluding hydrogens is 370 g/mol. The smallest absolute Gasteiger partial charge is 0.232 e. The largest absolute Gasteiger partial charge is 0.487 e. The van der Waals surface area contributed by atoms with Crippen molar-refractivity contribution in [2.45, 2.75) is 97.3 Å². The Bertz CT molecular complexity index is 584. The third kappa shape index (κ3) is 13.0. The molecule has 0 atom stereocenters. The number of hydrogen-bond acceptors (Lipinski definition) is 3. The zero-order valence-electron chi connectivity index (χ0n) is 17.9. The van der Waals surface area contributed by atoms with Crippen molar-refractivity contribution in [1.29, 1.82) is 0 Å². The molecule has 28 heavy (non-hydrogen) atoms. The highest BCUT2D eigenvalue weighted by atomic mass is 32.2. The molecule has 161 valence electrons. The van der Waals surface area contributed by atoms with E-state index in [-0.39, 0.29) is 5.75 Å². The van der Waals surface area contributed by atoms with Crippen LogP contribution in [0.15, 0.2) is 24.3 Å². The fourth-order valence-electron chi connectivity index (χ4n) is 3.04. The first-order valence-electron chi connectivity index (χ1n) is 11.2. The van der Waals surface area contributed by atoms with E-state index in [1.54, 1.807) is 24.3 Å². The van der Waals surface area contributed by atoms with E-state index in [2.05, 4.69) is 11.6 Å². The summed E-state index contributed by atoms with van der Waals surface area (Å²) in [5.41, 5.74) is 0.582. The first kappa shape index (κ1) is 24.8. The van der Waals surface area contributed by atoms with Gasteiger partial charge in [0, 0.05) is 5.69 Å². The molecule has 0 aliphatic carbocycles. The summed E-state index contributed by atoms with van der Waals surface area (Å²) in [6.45, 7) is 6.09. The van der Waals surface area contributed by atoms with Crippen molar-refractivity contribution < 1.29 is 13.2 Å². The van der Waals surface area contributed by atoms with Crippen molar-refractivity contribution in [2.75, 3.05) is 10.5 Å². The Balaban J connectivity index is 2.06. The first-order chi connectivity index (χ1) is 13.6. The van der Waals surface area contributed by atoms with Gasteiger partial charge >= 0.3 is 0 Å². The number of benzene rings is 1. The minimum atomic E-state index is -3.25. The Morgan fingerprint density at radius 3 is 1.89 bits per heavy atom. The molecule has 1 aromatic rings. The van der Waals surface area contributed by atoms with Gasteiger partial charge in [0.1, 0.15) is 12.4 Å². The SMILES string of the molecule is CCCCCCCCCCCC[CH]Oc1ccc(NS(=O)(=O)CCCC)cc1. The van der Waals surface area contributed by atoms with Crippen LogP contribution in [0.4, 0.5) is 5.69 Å². The van der Waals surface area contributed by atoms with E-state index >= 15 is 0 Å². The third-order valence-corrected chi connectivity index (χ3v) is 6.16. The van der Waals surface area contributed by atoms with Crippen LogP contribution in [0.25, 0.3) is 0 Å². The van der Waals surface area contributed by atoms with Gasteiger partial charge in [-0.15, -0.1) is 0 Å². The van der Waals surface area contributed by atoms with Gasteiger partial charge in [-0.05, 0) is 43.5 Å². The van der Waals surface area contributed by atoms with Gasteiger partial charge in [-0.2, -0.15) is 0 Å². The summed E-state index contributed by atoms with van der Waals surface area (Å²) in [6.07, 6.45) is 15.8. The van der Waals surface area contributed by atoms with Gasteiger partial charge in [0.2, 0.25) is 10.0 Å². The van der Waals surface area contributed by atoms with Crippen molar-refractivity contribution in [3.05, 3.63) is 30.9 Å². The minimum Gasteiger partial charge on any atom is -0.487 e. The molecule has 0 heterocycles. The highest BCUT2D eigenvalue weighted by Crippen LogP contribution is 2.19. The van der Waals surface area contributed by atoms with E-state index in [0.717, 1.165) is 25.0 Å². The summed E-state index contributed by atoms with van der Waals surface area (Å²) in [4.78, 5) is 0. The molecule has 1 rings (SSSR count). The van der Waals surface area contributed by atoms with Crippen LogP contribution in [-0.2, 0) is 10.0 Å². The number of rotatable bonds is 18. The Hall–Kier alpha value is -1.23. The Kier molecular flexibility index (Phi) is 13.9. The number of anilines is 1. The lowest BCUT2D eigenvalue weighted by atomic mass is 10.1. The average molecular weight is 411 g/mol. The van der Waals surface area contributed by atoms with Crippen LogP contribution in [0.2, 0.25) is 0 Å². The quantitative estimate of drug-likeness (QED) is 0.263. The van der Waals surface area contributed by atoms with Gasteiger partial charge in [-0.3, -0.25) is 4.72 Å². The predicted molar refractivity (Wildman–Crippen MR) is 120 cm³/mol. The van der Waals surface area contributed by atoms with Crippen molar-refractivity contribution in [3.8, 4) is 5.75 Å². The summed E-state index contributed by atoms with van der Waals surface area (Å²) >= 11 is 0. The lowest BCUT2D eigenvalue weighted by molar-refractivity contribution is 0.383. The lowest BCUT2D eigenvalue weighted by Crippen LogP contribution is -2.16. The fourth-order valence-corrected chi connectivity index (χ4v) is 4.30. The van der Waals surface area contributed by atoms with Crippen molar-refractivity contribution in [1.82, 2.24) is 0 Å². The molecule has 0 aliphatic heterocycles. The summed E-state index contributed by atoms with van der Waals surface area (Å²) in [5, 5.41) is 0. The van der Waals surface area contributed by atoms with E-state index in [1.807, 2.05) is 13.5 Å². The van der Waals surface area contributed by atoms with E-state index in [1.165, 1.54) is 57.8 Å². The number of sulfonamides is 1. The summed E-state index contributed by atoms with van der Waals surface area (Å²) < 4.78 is 32.0. The molecule has 0 aliphatic rings. The van der Waals surface area contributed by atoms with Gasteiger partial charge in [-0.1, -0.05) is 78.1 Å². The molecule has 0 saturated carbocycles. The maximum absolute atomic E-state index is 11.9. The highest BCUT2D eigenvalue weighted by Gasteiger charge is 2.09. The van der Waals surface area contributed by atoms with Crippen molar-refractivity contribution in [2.24, 2.45) is 0 Å². The summed E-state index contributed by atoms with van der Waals surface area (Å²) in [7, 11) is -3.25. The normalized spacial score (nSPS) is 11.5. The van der Waals surface area contributed by atoms with E-state index in [9.17, 15) is 8.42 Å². The van der Waals surface area contributed by atoms with Crippen LogP contribution in [0.5, 0.6) is 5.75 Å². The van der Waals surface area contributed by atoms with Crippen LogP contribution in [0.1, 0.15) is 97.3 Å². The summed E-state index contributed by atoms with van der Waals surface area (Å²) in [5.74, 6) is 0.901. The van der Waals surface area contributed by atoms with E-state index in [4.69, 9.17) is 4.74 Å². The molecule has 0 aromatic heterocycles. The van der Waals surface area contributed by atoms with Gasteiger partial charge in [0.15, 0.2) is 0 Å². The van der Waals surface area contributed by atoms with Gasteiger partial charge in [-0.25, -0.2) is 8.42 Å². The van der Waals surface area contributed by atoms with Gasteiger partial charge < -0.3 is 4.74 Å². The molecule has 1 N–H and O–H groups in total. The van der Waals surface area contributed by atoms with Crippen molar-refractivity contribution in [3.63, 3.8) is 0 Å². The second kappa shape index (κ2) is 15.7. The molecule has 0 amide bonds. The van der Waals surface area contributed by atoms with Crippen LogP contribution in [-0.4, -0.2) is 14.2 Å². The zero-order valence-corrected chi connectivity index (χ0v) is 18.7. The van der Waals surface area contributed by atoms with Gasteiger partial charge in [0.05, 0.1) is 5.75 Å². The molecule has 0 saturated heterocycles. The number of ether oxygens (including phenoxy) is 1. The first-order valence-corrected chi connectivity index (χ1v) is 12.8. The van der Waals surface area contributed by atoms with Crippen molar-refractivity contribution >= 4 is 15.7 Å². The summed E-state index contributed by atoms with van der Waals surface area (Å²) in [6, 6.07) is 7.08. The Labute approximate surface area is 173 Å². The van der Waals surface area contributed by atoms with E-state index < -0.39 is 10.0 Å². The molecule has 0 spiro atoms. The average Bonchev–Trinajstić information content (AvgIpc) is 2.68. The van der Waals surface area contributed by atoms with Gasteiger partial charge in [0.25, 0.3) is 0 Å². The van der Waals surface area contributed by atoms with Crippen LogP contribution in [0.3, 0.4) is 0 Å². The minimum absolute atomic E-state index is 0.161. The fraction of sp³-hybridized carbons (Fsp3) is 0.696. The number of nitrogens with one attached hydrogen (secondary N) is 1. The molecule has 1 radical (unpaired) electrons. The third-order valence-electron chi connectivity index (χ3n) is 4.79. The Morgan fingerprint density at radius 1 is 0.786 bits per heavy atom. The second-order valence-electron chi connectivity index (χ2n) is 7.55. The predicted octanol–water partition coefficient (Wildman–Crippen LogP) is 7.08. The zero-order chi connectivity index (χ0) is 20.5. The molecular formula is C23H40NO3S. The van der Waals surface area contributed by atoms with E-state index in [0.29, 0.717) is 12.1 Å². The molecule has 0 bridgehead atoms. The highest BCUT2D eigenvalue weighted by molar-refractivity contribution is 7.92.